The van der Waals surface area contributed by atoms with Crippen LogP contribution in [0.5, 0.6) is 11.5 Å². The molecule has 194 valence electrons. The molecule has 0 bridgehead atoms. The van der Waals surface area contributed by atoms with Crippen LogP contribution in [0.15, 0.2) is 91.0 Å². The van der Waals surface area contributed by atoms with E-state index in [1.54, 1.807) is 36.4 Å². The van der Waals surface area contributed by atoms with Gasteiger partial charge in [0.1, 0.15) is 6.61 Å². The van der Waals surface area contributed by atoms with E-state index in [0.29, 0.717) is 40.6 Å². The van der Waals surface area contributed by atoms with Gasteiger partial charge in [-0.25, -0.2) is 0 Å². The summed E-state index contributed by atoms with van der Waals surface area (Å²) >= 11 is 0. The van der Waals surface area contributed by atoms with Gasteiger partial charge in [0.2, 0.25) is 0 Å². The van der Waals surface area contributed by atoms with Gasteiger partial charge in [0.25, 0.3) is 11.8 Å². The summed E-state index contributed by atoms with van der Waals surface area (Å²) < 4.78 is 11.4. The van der Waals surface area contributed by atoms with Crippen molar-refractivity contribution >= 4 is 28.9 Å². The molecule has 4 aromatic rings. The third kappa shape index (κ3) is 6.50. The van der Waals surface area contributed by atoms with Gasteiger partial charge in [-0.2, -0.15) is 0 Å². The highest BCUT2D eigenvalue weighted by atomic mass is 16.5. The second-order valence-corrected chi connectivity index (χ2v) is 9.02. The number of carbonyl (C=O) groups is 2. The third-order valence-corrected chi connectivity index (χ3v) is 6.03. The normalized spacial score (nSPS) is 10.4. The highest BCUT2D eigenvalue weighted by Crippen LogP contribution is 2.30. The van der Waals surface area contributed by atoms with Crippen LogP contribution < -0.4 is 25.0 Å². The summed E-state index contributed by atoms with van der Waals surface area (Å²) in [6.07, 6.45) is 0. The van der Waals surface area contributed by atoms with E-state index >= 15 is 0 Å². The fraction of sp³-hybridized carbons (Fsp3) is 0.161. The fourth-order valence-corrected chi connectivity index (χ4v) is 3.82. The van der Waals surface area contributed by atoms with Crippen LogP contribution in [0.3, 0.4) is 0 Å². The SMILES string of the molecule is COc1cc(C(=O)Nc2cc(NC(=O)c3cccc(N(C)C)c3)ccc2C)ccc1OCc1ccccc1. The first-order valence-electron chi connectivity index (χ1n) is 12.2. The molecule has 7 nitrogen and oxygen atoms in total. The number of benzene rings is 4. The largest absolute Gasteiger partial charge is 0.493 e. The molecule has 4 aromatic carbocycles. The predicted molar refractivity (Wildman–Crippen MR) is 152 cm³/mol. The van der Waals surface area contributed by atoms with E-state index in [9.17, 15) is 9.59 Å². The van der Waals surface area contributed by atoms with Gasteiger partial charge < -0.3 is 25.0 Å². The minimum Gasteiger partial charge on any atom is -0.493 e. The molecule has 2 amide bonds. The monoisotopic (exact) mass is 509 g/mol. The molecule has 0 heterocycles. The molecule has 0 fully saturated rings. The van der Waals surface area contributed by atoms with Crippen molar-refractivity contribution in [3.05, 3.63) is 113 Å². The van der Waals surface area contributed by atoms with Gasteiger partial charge in [0.05, 0.1) is 7.11 Å². The second-order valence-electron chi connectivity index (χ2n) is 9.02. The van der Waals surface area contributed by atoms with E-state index < -0.39 is 0 Å². The number of nitrogens with one attached hydrogen (secondary N) is 2. The molecular weight excluding hydrogens is 478 g/mol. The fourth-order valence-electron chi connectivity index (χ4n) is 3.82. The Bertz CT molecular complexity index is 1430. The van der Waals surface area contributed by atoms with Crippen molar-refractivity contribution in [1.82, 2.24) is 0 Å². The van der Waals surface area contributed by atoms with Crippen molar-refractivity contribution in [2.75, 3.05) is 36.7 Å². The molecule has 2 N–H and O–H groups in total. The van der Waals surface area contributed by atoms with Gasteiger partial charge in [-0.3, -0.25) is 9.59 Å². The first-order valence-corrected chi connectivity index (χ1v) is 12.2. The number of carbonyl (C=O) groups excluding carboxylic acids is 2. The molecule has 7 heteroatoms. The lowest BCUT2D eigenvalue weighted by molar-refractivity contribution is 0.101. The number of anilines is 3. The van der Waals surface area contributed by atoms with Crippen LogP contribution >= 0.6 is 0 Å². The summed E-state index contributed by atoms with van der Waals surface area (Å²) in [6, 6.07) is 27.7. The van der Waals surface area contributed by atoms with Gasteiger partial charge in [0.15, 0.2) is 11.5 Å². The number of rotatable bonds is 9. The number of methoxy groups -OCH3 is 1. The standard InChI is InChI=1S/C31H31N3O4/c1-21-13-15-25(32-30(35)23-11-8-12-26(17-23)34(2)3)19-27(21)33-31(36)24-14-16-28(29(18-24)37-4)38-20-22-9-6-5-7-10-22/h5-19H,20H2,1-4H3,(H,32,35)(H,33,36). The maximum Gasteiger partial charge on any atom is 0.255 e. The maximum atomic E-state index is 13.1. The quantitative estimate of drug-likeness (QED) is 0.283. The van der Waals surface area contributed by atoms with E-state index in [4.69, 9.17) is 9.47 Å². The average molecular weight is 510 g/mol. The van der Waals surface area contributed by atoms with Crippen LogP contribution in [0.25, 0.3) is 0 Å². The Kier molecular flexibility index (Phi) is 8.28. The van der Waals surface area contributed by atoms with Crippen molar-refractivity contribution < 1.29 is 19.1 Å². The van der Waals surface area contributed by atoms with E-state index in [1.165, 1.54) is 7.11 Å². The second kappa shape index (κ2) is 12.0. The minimum absolute atomic E-state index is 0.231. The van der Waals surface area contributed by atoms with E-state index in [0.717, 1.165) is 16.8 Å². The van der Waals surface area contributed by atoms with Crippen molar-refractivity contribution in [2.45, 2.75) is 13.5 Å². The Morgan fingerprint density at radius 3 is 2.24 bits per heavy atom. The zero-order valence-corrected chi connectivity index (χ0v) is 21.9. The Labute approximate surface area is 223 Å². The molecule has 0 aliphatic carbocycles. The van der Waals surface area contributed by atoms with Gasteiger partial charge in [-0.05, 0) is 66.6 Å². The van der Waals surface area contributed by atoms with E-state index in [2.05, 4.69) is 10.6 Å². The molecule has 0 aliphatic rings. The minimum atomic E-state index is -0.303. The molecule has 0 atom stereocenters. The summed E-state index contributed by atoms with van der Waals surface area (Å²) in [5.74, 6) is 0.479. The van der Waals surface area contributed by atoms with Crippen LogP contribution in [0.1, 0.15) is 31.8 Å². The van der Waals surface area contributed by atoms with Crippen LogP contribution in [-0.4, -0.2) is 33.0 Å². The molecular formula is C31H31N3O4. The summed E-state index contributed by atoms with van der Waals surface area (Å²) in [6.45, 7) is 2.28. The van der Waals surface area contributed by atoms with E-state index in [1.807, 2.05) is 80.5 Å². The number of aryl methyl sites for hydroxylation is 1. The average Bonchev–Trinajstić information content (AvgIpc) is 2.94. The molecule has 0 saturated heterocycles. The Morgan fingerprint density at radius 1 is 0.763 bits per heavy atom. The van der Waals surface area contributed by atoms with Gasteiger partial charge in [-0.15, -0.1) is 0 Å². The molecule has 0 spiro atoms. The van der Waals surface area contributed by atoms with Crippen molar-refractivity contribution in [3.8, 4) is 11.5 Å². The first kappa shape index (κ1) is 26.3. The number of nitrogens with zero attached hydrogens (tertiary/aromatic N) is 1. The van der Waals surface area contributed by atoms with Gasteiger partial charge in [-0.1, -0.05) is 42.5 Å². The van der Waals surface area contributed by atoms with Crippen molar-refractivity contribution in [1.29, 1.82) is 0 Å². The number of hydrogen-bond donors (Lipinski definition) is 2. The van der Waals surface area contributed by atoms with Gasteiger partial charge >= 0.3 is 0 Å². The molecule has 0 saturated carbocycles. The summed E-state index contributed by atoms with van der Waals surface area (Å²) in [5.41, 5.74) is 4.96. The molecule has 4 rings (SSSR count). The zero-order valence-electron chi connectivity index (χ0n) is 21.9. The zero-order chi connectivity index (χ0) is 27.1. The highest BCUT2D eigenvalue weighted by molar-refractivity contribution is 6.07. The summed E-state index contributed by atoms with van der Waals surface area (Å²) in [7, 11) is 5.39. The number of hydrogen-bond acceptors (Lipinski definition) is 5. The lowest BCUT2D eigenvalue weighted by Gasteiger charge is -2.15. The van der Waals surface area contributed by atoms with Crippen LogP contribution in [0.2, 0.25) is 0 Å². The predicted octanol–water partition coefficient (Wildman–Crippen LogP) is 6.15. The van der Waals surface area contributed by atoms with Gasteiger partial charge in [0, 0.05) is 42.3 Å². The van der Waals surface area contributed by atoms with Crippen LogP contribution in [0, 0.1) is 6.92 Å². The third-order valence-electron chi connectivity index (χ3n) is 6.03. The molecule has 38 heavy (non-hydrogen) atoms. The van der Waals surface area contributed by atoms with Crippen molar-refractivity contribution in [2.24, 2.45) is 0 Å². The van der Waals surface area contributed by atoms with Crippen molar-refractivity contribution in [3.63, 3.8) is 0 Å². The van der Waals surface area contributed by atoms with Crippen LogP contribution in [-0.2, 0) is 6.61 Å². The topological polar surface area (TPSA) is 79.9 Å². The van der Waals surface area contributed by atoms with E-state index in [-0.39, 0.29) is 11.8 Å². The first-order chi connectivity index (χ1) is 18.3. The Balaban J connectivity index is 1.46. The number of amides is 2. The summed E-state index contributed by atoms with van der Waals surface area (Å²) in [5, 5.41) is 5.85. The molecule has 0 radical (unpaired) electrons. The van der Waals surface area contributed by atoms with Crippen LogP contribution in [0.4, 0.5) is 17.1 Å². The molecule has 0 aliphatic heterocycles. The number of ether oxygens (including phenoxy) is 2. The molecule has 0 aromatic heterocycles. The Hall–Kier alpha value is -4.78. The lowest BCUT2D eigenvalue weighted by Crippen LogP contribution is -2.15. The smallest absolute Gasteiger partial charge is 0.255 e. The Morgan fingerprint density at radius 2 is 1.50 bits per heavy atom. The highest BCUT2D eigenvalue weighted by Gasteiger charge is 2.14. The lowest BCUT2D eigenvalue weighted by atomic mass is 10.1. The summed E-state index contributed by atoms with van der Waals surface area (Å²) in [4.78, 5) is 27.9. The molecule has 0 unspecified atom stereocenters. The maximum absolute atomic E-state index is 13.1.